The lowest BCUT2D eigenvalue weighted by atomic mass is 10.00. The van der Waals surface area contributed by atoms with Gasteiger partial charge in [-0.2, -0.15) is 0 Å². The third-order valence-electron chi connectivity index (χ3n) is 4.85. The molecule has 0 aliphatic heterocycles. The molecule has 2 nitrogen and oxygen atoms in total. The average molecular weight is 428 g/mol. The van der Waals surface area contributed by atoms with Crippen LogP contribution >= 0.6 is 23.4 Å². The minimum atomic E-state index is -1.56. The van der Waals surface area contributed by atoms with Gasteiger partial charge in [0.2, 0.25) is 0 Å². The molecule has 0 unspecified atom stereocenters. The van der Waals surface area contributed by atoms with E-state index < -0.39 is 23.4 Å². The number of amides is 1. The maximum Gasteiger partial charge on any atom is 0.255 e. The second kappa shape index (κ2) is 9.23. The number of nitrogens with one attached hydrogen (secondary N) is 1. The van der Waals surface area contributed by atoms with E-state index in [1.54, 1.807) is 17.8 Å². The molecule has 0 heterocycles. The van der Waals surface area contributed by atoms with E-state index >= 15 is 0 Å². The Labute approximate surface area is 171 Å². The second-order valence-electron chi connectivity index (χ2n) is 6.88. The van der Waals surface area contributed by atoms with Crippen molar-refractivity contribution < 1.29 is 18.0 Å². The fraction of sp³-hybridized carbons (Fsp3) is 0.381. The Morgan fingerprint density at radius 3 is 2.36 bits per heavy atom. The van der Waals surface area contributed by atoms with Gasteiger partial charge in [0.25, 0.3) is 5.91 Å². The molecule has 1 aliphatic carbocycles. The number of benzene rings is 2. The van der Waals surface area contributed by atoms with Crippen molar-refractivity contribution >= 4 is 35.0 Å². The maximum atomic E-state index is 13.4. The number of anilines is 1. The van der Waals surface area contributed by atoms with Crippen molar-refractivity contribution in [3.05, 3.63) is 58.9 Å². The van der Waals surface area contributed by atoms with Crippen LogP contribution in [0.3, 0.4) is 0 Å². The maximum absolute atomic E-state index is 13.4. The van der Waals surface area contributed by atoms with Gasteiger partial charge in [0, 0.05) is 38.9 Å². The van der Waals surface area contributed by atoms with Crippen molar-refractivity contribution in [1.29, 1.82) is 0 Å². The number of hydrogen-bond acceptors (Lipinski definition) is 2. The highest BCUT2D eigenvalue weighted by Crippen LogP contribution is 2.37. The summed E-state index contributed by atoms with van der Waals surface area (Å²) in [6, 6.07) is 6.91. The number of alkyl halides is 1. The summed E-state index contributed by atoms with van der Waals surface area (Å²) in [5.74, 6) is -4.75. The highest BCUT2D eigenvalue weighted by Gasteiger charge is 2.22. The van der Waals surface area contributed by atoms with Gasteiger partial charge >= 0.3 is 0 Å². The Kier molecular flexibility index (Phi) is 6.94. The van der Waals surface area contributed by atoms with Crippen LogP contribution in [0.15, 0.2) is 35.2 Å². The number of carbonyl (C=O) groups excluding carboxylic acids is 1. The van der Waals surface area contributed by atoms with Crippen molar-refractivity contribution in [3.63, 3.8) is 0 Å². The zero-order chi connectivity index (χ0) is 20.3. The number of hydrogen-bond donors (Lipinski definition) is 1. The van der Waals surface area contributed by atoms with E-state index in [0.717, 1.165) is 54.7 Å². The standard InChI is InChI=1S/C21H21ClF3NOS/c1-2-12-3-4-13(9-19(12)28-16-7-5-14(22)6-8-16)21(27)26-15-10-17(23)20(25)18(24)11-15/h3-4,9-11,14,16H,2,5-8H2,1H3,(H,26,27). The van der Waals surface area contributed by atoms with E-state index in [2.05, 4.69) is 12.2 Å². The van der Waals surface area contributed by atoms with Crippen molar-refractivity contribution in [1.82, 2.24) is 0 Å². The largest absolute Gasteiger partial charge is 0.322 e. The van der Waals surface area contributed by atoms with E-state index in [9.17, 15) is 18.0 Å². The Morgan fingerprint density at radius 1 is 1.11 bits per heavy atom. The smallest absolute Gasteiger partial charge is 0.255 e. The molecule has 1 N–H and O–H groups in total. The molecule has 7 heteroatoms. The van der Waals surface area contributed by atoms with Gasteiger partial charge in [-0.15, -0.1) is 23.4 Å². The Balaban J connectivity index is 1.77. The lowest BCUT2D eigenvalue weighted by Crippen LogP contribution is -2.16. The molecule has 2 aromatic rings. The van der Waals surface area contributed by atoms with Gasteiger partial charge in [0.05, 0.1) is 0 Å². The molecule has 0 bridgehead atoms. The second-order valence-corrected chi connectivity index (χ2v) is 8.84. The molecule has 3 rings (SSSR count). The van der Waals surface area contributed by atoms with Gasteiger partial charge < -0.3 is 5.32 Å². The zero-order valence-electron chi connectivity index (χ0n) is 15.4. The molecule has 0 aromatic heterocycles. The van der Waals surface area contributed by atoms with Gasteiger partial charge in [-0.25, -0.2) is 13.2 Å². The summed E-state index contributed by atoms with van der Waals surface area (Å²) in [5, 5.41) is 3.13. The first kappa shape index (κ1) is 21.1. The van der Waals surface area contributed by atoms with Crippen LogP contribution in [-0.4, -0.2) is 16.5 Å². The molecule has 0 atom stereocenters. The quantitative estimate of drug-likeness (QED) is 0.432. The molecule has 1 aliphatic rings. The molecule has 1 saturated carbocycles. The molecular formula is C21H21ClF3NOS. The molecular weight excluding hydrogens is 407 g/mol. The molecule has 1 amide bonds. The van der Waals surface area contributed by atoms with E-state index in [-0.39, 0.29) is 11.1 Å². The first-order valence-electron chi connectivity index (χ1n) is 9.27. The summed E-state index contributed by atoms with van der Waals surface area (Å²) in [6.07, 6.45) is 4.88. The average Bonchev–Trinajstić information content (AvgIpc) is 2.67. The number of thioether (sulfide) groups is 1. The SMILES string of the molecule is CCc1ccc(C(=O)Nc2cc(F)c(F)c(F)c2)cc1SC1CCC(Cl)CC1. The number of halogens is 4. The highest BCUT2D eigenvalue weighted by molar-refractivity contribution is 8.00. The lowest BCUT2D eigenvalue weighted by Gasteiger charge is -2.25. The third-order valence-corrected chi connectivity index (χ3v) is 6.72. The van der Waals surface area contributed by atoms with Crippen molar-refractivity contribution in [2.24, 2.45) is 0 Å². The van der Waals surface area contributed by atoms with Crippen LogP contribution in [0.5, 0.6) is 0 Å². The summed E-state index contributed by atoms with van der Waals surface area (Å²) in [4.78, 5) is 13.6. The summed E-state index contributed by atoms with van der Waals surface area (Å²) in [5.41, 5.74) is 1.40. The van der Waals surface area contributed by atoms with E-state index in [0.29, 0.717) is 10.8 Å². The molecule has 2 aromatic carbocycles. The first-order chi connectivity index (χ1) is 13.4. The first-order valence-corrected chi connectivity index (χ1v) is 10.6. The van der Waals surface area contributed by atoms with Crippen LogP contribution in [0, 0.1) is 17.5 Å². The monoisotopic (exact) mass is 427 g/mol. The van der Waals surface area contributed by atoms with Crippen molar-refractivity contribution in [3.8, 4) is 0 Å². The highest BCUT2D eigenvalue weighted by atomic mass is 35.5. The number of carbonyl (C=O) groups is 1. The Bertz CT molecular complexity index is 846. The summed E-state index contributed by atoms with van der Waals surface area (Å²) in [6.45, 7) is 2.05. The fourth-order valence-electron chi connectivity index (χ4n) is 3.25. The van der Waals surface area contributed by atoms with E-state index in [4.69, 9.17) is 11.6 Å². The van der Waals surface area contributed by atoms with E-state index in [1.807, 2.05) is 12.1 Å². The van der Waals surface area contributed by atoms with E-state index in [1.165, 1.54) is 0 Å². The van der Waals surface area contributed by atoms with Gasteiger partial charge in [0.15, 0.2) is 17.5 Å². The number of rotatable bonds is 5. The summed E-state index contributed by atoms with van der Waals surface area (Å²) < 4.78 is 39.8. The van der Waals surface area contributed by atoms with Gasteiger partial charge in [0.1, 0.15) is 0 Å². The number of aryl methyl sites for hydroxylation is 1. The summed E-state index contributed by atoms with van der Waals surface area (Å²) >= 11 is 7.93. The van der Waals surface area contributed by atoms with Crippen LogP contribution in [-0.2, 0) is 6.42 Å². The topological polar surface area (TPSA) is 29.1 Å². The van der Waals surface area contributed by atoms with Crippen LogP contribution < -0.4 is 5.32 Å². The minimum Gasteiger partial charge on any atom is -0.322 e. The molecule has 1 fully saturated rings. The van der Waals surface area contributed by atoms with Gasteiger partial charge in [-0.05, 0) is 49.8 Å². The predicted octanol–water partition coefficient (Wildman–Crippen LogP) is 6.56. The molecule has 0 saturated heterocycles. The Morgan fingerprint density at radius 2 is 1.75 bits per heavy atom. The summed E-state index contributed by atoms with van der Waals surface area (Å²) in [7, 11) is 0. The minimum absolute atomic E-state index is 0.129. The molecule has 150 valence electrons. The molecule has 0 spiro atoms. The van der Waals surface area contributed by atoms with Gasteiger partial charge in [-0.1, -0.05) is 13.0 Å². The van der Waals surface area contributed by atoms with Crippen LogP contribution in [0.1, 0.15) is 48.5 Å². The normalized spacial score (nSPS) is 19.5. The Hall–Kier alpha value is -1.66. The third kappa shape index (κ3) is 5.03. The van der Waals surface area contributed by atoms with Crippen LogP contribution in [0.4, 0.5) is 18.9 Å². The predicted molar refractivity (Wildman–Crippen MR) is 108 cm³/mol. The fourth-order valence-corrected chi connectivity index (χ4v) is 4.93. The zero-order valence-corrected chi connectivity index (χ0v) is 17.0. The van der Waals surface area contributed by atoms with Crippen LogP contribution in [0.25, 0.3) is 0 Å². The van der Waals surface area contributed by atoms with Crippen molar-refractivity contribution in [2.75, 3.05) is 5.32 Å². The van der Waals surface area contributed by atoms with Crippen LogP contribution in [0.2, 0.25) is 0 Å². The van der Waals surface area contributed by atoms with Gasteiger partial charge in [-0.3, -0.25) is 4.79 Å². The molecule has 0 radical (unpaired) electrons. The lowest BCUT2D eigenvalue weighted by molar-refractivity contribution is 0.102. The molecule has 28 heavy (non-hydrogen) atoms. The van der Waals surface area contributed by atoms with Crippen molar-refractivity contribution in [2.45, 2.75) is 54.6 Å².